The highest BCUT2D eigenvalue weighted by Gasteiger charge is 2.12. The van der Waals surface area contributed by atoms with Crippen LogP contribution in [0.1, 0.15) is 12.8 Å². The first-order valence-electron chi connectivity index (χ1n) is 5.03. The summed E-state index contributed by atoms with van der Waals surface area (Å²) >= 11 is 0. The molecule has 0 aromatic carbocycles. The lowest BCUT2D eigenvalue weighted by atomic mass is 10.2. The summed E-state index contributed by atoms with van der Waals surface area (Å²) in [5, 5.41) is 0. The van der Waals surface area contributed by atoms with Crippen molar-refractivity contribution in [2.24, 2.45) is 0 Å². The van der Waals surface area contributed by atoms with Gasteiger partial charge in [-0.3, -0.25) is 9.80 Å². The van der Waals surface area contributed by atoms with Crippen molar-refractivity contribution < 1.29 is 0 Å². The Balaban J connectivity index is 3.63. The minimum absolute atomic E-state index is 0.0565. The molecule has 0 aliphatic rings. The number of hydrogen-bond acceptors (Lipinski definition) is 2. The molecular formula is C10H24N2Si. The Hall–Kier alpha value is -0.123. The molecule has 0 aromatic heterocycles. The molecule has 0 rings (SSSR count). The number of hydrogen-bond donors (Lipinski definition) is 0. The highest BCUT2D eigenvalue weighted by Crippen LogP contribution is 2.07. The topological polar surface area (TPSA) is 6.48 Å². The molecule has 0 saturated carbocycles. The second-order valence-electron chi connectivity index (χ2n) is 3.98. The fourth-order valence-electron chi connectivity index (χ4n) is 1.59. The van der Waals surface area contributed by atoms with Crippen LogP contribution in [0.25, 0.3) is 0 Å². The van der Waals surface area contributed by atoms with Gasteiger partial charge in [-0.1, -0.05) is 12.5 Å². The monoisotopic (exact) mass is 200 g/mol. The van der Waals surface area contributed by atoms with Crippen LogP contribution in [0.4, 0.5) is 0 Å². The molecule has 0 bridgehead atoms. The second-order valence-corrected chi connectivity index (χ2v) is 5.84. The first-order valence-corrected chi connectivity index (χ1v) is 6.85. The van der Waals surface area contributed by atoms with Crippen LogP contribution < -0.4 is 0 Å². The summed E-state index contributed by atoms with van der Waals surface area (Å²) in [5.74, 6) is 0. The lowest BCUT2D eigenvalue weighted by Gasteiger charge is -2.30. The van der Waals surface area contributed by atoms with E-state index in [0.29, 0.717) is 6.17 Å². The van der Waals surface area contributed by atoms with Crippen LogP contribution in [0.3, 0.4) is 0 Å². The highest BCUT2D eigenvalue weighted by atomic mass is 28.2. The average molecular weight is 200 g/mol. The third-order valence-corrected chi connectivity index (χ3v) is 3.63. The van der Waals surface area contributed by atoms with Crippen LogP contribution in [0, 0.1) is 0 Å². The van der Waals surface area contributed by atoms with E-state index in [4.69, 9.17) is 0 Å². The first kappa shape index (κ1) is 12.9. The van der Waals surface area contributed by atoms with Crippen LogP contribution in [0.15, 0.2) is 12.3 Å². The number of rotatable bonds is 7. The molecule has 0 radical (unpaired) electrons. The van der Waals surface area contributed by atoms with Gasteiger partial charge in [-0.2, -0.15) is 0 Å². The summed E-state index contributed by atoms with van der Waals surface area (Å²) in [4.78, 5) is 4.57. The normalized spacial score (nSPS) is 12.5. The van der Waals surface area contributed by atoms with E-state index in [0.717, 1.165) is 0 Å². The zero-order valence-electron chi connectivity index (χ0n) is 9.58. The molecule has 13 heavy (non-hydrogen) atoms. The summed E-state index contributed by atoms with van der Waals surface area (Å²) < 4.78 is 0. The molecule has 0 aliphatic carbocycles. The Labute approximate surface area is 85.4 Å². The molecule has 2 nitrogen and oxygen atoms in total. The maximum atomic E-state index is 3.79. The molecule has 0 heterocycles. The van der Waals surface area contributed by atoms with Gasteiger partial charge in [0.2, 0.25) is 0 Å². The van der Waals surface area contributed by atoms with Gasteiger partial charge in [0.25, 0.3) is 0 Å². The van der Waals surface area contributed by atoms with Gasteiger partial charge < -0.3 is 0 Å². The fraction of sp³-hybridized carbons (Fsp3) is 0.800. The average Bonchev–Trinajstić information content (AvgIpc) is 2.02. The standard InChI is InChI=1S/C10H24N2Si/c1-6-13-9-7-8-10(11(2)3)12(4)5/h6,10H,1,7-9,13H2,2-5H3. The smallest absolute Gasteiger partial charge is 0.0612 e. The molecule has 0 amide bonds. The Kier molecular flexibility index (Phi) is 7.23. The van der Waals surface area contributed by atoms with Crippen LogP contribution in [0.2, 0.25) is 6.04 Å². The first-order chi connectivity index (χ1) is 6.09. The van der Waals surface area contributed by atoms with E-state index in [1.54, 1.807) is 0 Å². The Bertz CT molecular complexity index is 127. The maximum absolute atomic E-state index is 3.79. The van der Waals surface area contributed by atoms with Gasteiger partial charge in [-0.15, -0.1) is 12.3 Å². The van der Waals surface area contributed by atoms with E-state index in [-0.39, 0.29) is 9.52 Å². The highest BCUT2D eigenvalue weighted by molar-refractivity contribution is 6.41. The summed E-state index contributed by atoms with van der Waals surface area (Å²) in [5.41, 5.74) is 2.14. The SMILES string of the molecule is C=C[SiH2]CCCC(N(C)C)N(C)C. The van der Waals surface area contributed by atoms with Crippen molar-refractivity contribution in [2.45, 2.75) is 25.1 Å². The van der Waals surface area contributed by atoms with E-state index >= 15 is 0 Å². The molecule has 0 fully saturated rings. The molecule has 0 aromatic rings. The molecule has 3 heteroatoms. The largest absolute Gasteiger partial charge is 0.294 e. The molecular weight excluding hydrogens is 176 g/mol. The van der Waals surface area contributed by atoms with Crippen LogP contribution in [-0.4, -0.2) is 53.7 Å². The van der Waals surface area contributed by atoms with E-state index < -0.39 is 0 Å². The van der Waals surface area contributed by atoms with Crippen molar-refractivity contribution in [3.05, 3.63) is 12.3 Å². The van der Waals surface area contributed by atoms with Gasteiger partial charge in [0, 0.05) is 9.52 Å². The van der Waals surface area contributed by atoms with Crippen molar-refractivity contribution in [1.29, 1.82) is 0 Å². The lowest BCUT2D eigenvalue weighted by Crippen LogP contribution is -2.40. The van der Waals surface area contributed by atoms with E-state index in [9.17, 15) is 0 Å². The Morgan fingerprint density at radius 3 is 2.15 bits per heavy atom. The van der Waals surface area contributed by atoms with Gasteiger partial charge >= 0.3 is 0 Å². The van der Waals surface area contributed by atoms with Crippen molar-refractivity contribution in [2.75, 3.05) is 28.2 Å². The minimum atomic E-state index is 0.0565. The third-order valence-electron chi connectivity index (χ3n) is 2.31. The predicted molar refractivity (Wildman–Crippen MR) is 63.9 cm³/mol. The second kappa shape index (κ2) is 7.30. The van der Waals surface area contributed by atoms with Crippen LogP contribution >= 0.6 is 0 Å². The van der Waals surface area contributed by atoms with Crippen molar-refractivity contribution in [3.8, 4) is 0 Å². The summed E-state index contributed by atoms with van der Waals surface area (Å²) in [6.45, 7) is 3.79. The van der Waals surface area contributed by atoms with Gasteiger partial charge in [-0.25, -0.2) is 0 Å². The van der Waals surface area contributed by atoms with Gasteiger partial charge in [0.1, 0.15) is 0 Å². The summed E-state index contributed by atoms with van der Waals surface area (Å²) in [6, 6.07) is 1.40. The van der Waals surface area contributed by atoms with Gasteiger partial charge in [-0.05, 0) is 34.6 Å². The predicted octanol–water partition coefficient (Wildman–Crippen LogP) is 0.946. The zero-order valence-corrected chi connectivity index (χ0v) is 11.0. The molecule has 0 atom stereocenters. The van der Waals surface area contributed by atoms with Crippen LogP contribution in [-0.2, 0) is 0 Å². The van der Waals surface area contributed by atoms with E-state index in [1.807, 2.05) is 0 Å². The summed E-state index contributed by atoms with van der Waals surface area (Å²) in [6.07, 6.45) is 3.22. The van der Waals surface area contributed by atoms with Crippen molar-refractivity contribution in [3.63, 3.8) is 0 Å². The lowest BCUT2D eigenvalue weighted by molar-refractivity contribution is 0.119. The molecule has 0 spiro atoms. The van der Waals surface area contributed by atoms with E-state index in [1.165, 1.54) is 18.9 Å². The molecule has 0 N–H and O–H groups in total. The molecule has 0 saturated heterocycles. The number of nitrogens with zero attached hydrogens (tertiary/aromatic N) is 2. The minimum Gasteiger partial charge on any atom is -0.294 e. The Morgan fingerprint density at radius 2 is 1.77 bits per heavy atom. The summed E-state index contributed by atoms with van der Waals surface area (Å²) in [7, 11) is 8.65. The van der Waals surface area contributed by atoms with Crippen molar-refractivity contribution >= 4 is 9.52 Å². The van der Waals surface area contributed by atoms with Gasteiger partial charge in [0.05, 0.1) is 6.17 Å². The molecule has 0 aliphatic heterocycles. The van der Waals surface area contributed by atoms with E-state index in [2.05, 4.69) is 50.3 Å². The van der Waals surface area contributed by atoms with Crippen molar-refractivity contribution in [1.82, 2.24) is 9.80 Å². The quantitative estimate of drug-likeness (QED) is 0.343. The zero-order chi connectivity index (χ0) is 10.3. The Morgan fingerprint density at radius 1 is 1.23 bits per heavy atom. The molecule has 0 unspecified atom stereocenters. The molecule has 78 valence electrons. The third kappa shape index (κ3) is 6.02. The fourth-order valence-corrected chi connectivity index (χ4v) is 2.46. The maximum Gasteiger partial charge on any atom is 0.0612 e. The van der Waals surface area contributed by atoms with Crippen LogP contribution in [0.5, 0.6) is 0 Å². The van der Waals surface area contributed by atoms with Gasteiger partial charge in [0.15, 0.2) is 0 Å².